The van der Waals surface area contributed by atoms with E-state index in [-0.39, 0.29) is 13.4 Å². The molecule has 27 heavy (non-hydrogen) atoms. The molecule has 3 heterocycles. The molecule has 2 aromatic carbocycles. The summed E-state index contributed by atoms with van der Waals surface area (Å²) < 4.78 is 11.1. The molecule has 2 N–H and O–H groups in total. The molecule has 1 aliphatic rings. The summed E-state index contributed by atoms with van der Waals surface area (Å²) in [5.74, 6) is 0.828. The number of aliphatic hydroxyl groups is 1. The van der Waals surface area contributed by atoms with E-state index in [0.717, 1.165) is 44.6 Å². The number of aliphatic hydroxyl groups excluding tert-OH is 1. The zero-order chi connectivity index (χ0) is 18.2. The fourth-order valence-electron chi connectivity index (χ4n) is 3.55. The largest absolute Gasteiger partial charge is 0.467 e. The molecule has 0 spiro atoms. The Kier molecular flexibility index (Phi) is 3.85. The topological polar surface area (TPSA) is 80.3 Å². The second-order valence-corrected chi connectivity index (χ2v) is 6.41. The minimum absolute atomic E-state index is 0.00117. The molecule has 0 bridgehead atoms. The van der Waals surface area contributed by atoms with Gasteiger partial charge in [-0.25, -0.2) is 4.98 Å². The number of aromatic amines is 1. The summed E-state index contributed by atoms with van der Waals surface area (Å²) in [4.78, 5) is 4.41. The molecule has 0 atom stereocenters. The second-order valence-electron chi connectivity index (χ2n) is 6.41. The van der Waals surface area contributed by atoms with Crippen molar-refractivity contribution in [3.05, 3.63) is 65.9 Å². The molecule has 0 saturated heterocycles. The van der Waals surface area contributed by atoms with Crippen LogP contribution in [0.2, 0.25) is 0 Å². The quantitative estimate of drug-likeness (QED) is 0.584. The Labute approximate surface area is 155 Å². The molecular weight excluding hydrogens is 342 g/mol. The van der Waals surface area contributed by atoms with E-state index in [1.165, 1.54) is 0 Å². The molecule has 0 aliphatic carbocycles. The number of ether oxygens (including phenoxy) is 2. The fraction of sp³-hybridized carbons (Fsp3) is 0.143. The maximum Gasteiger partial charge on any atom is 0.189 e. The minimum atomic E-state index is 0.00117. The number of hydrogen-bond donors (Lipinski definition) is 2. The number of aromatic nitrogens is 3. The van der Waals surface area contributed by atoms with E-state index in [1.54, 1.807) is 6.20 Å². The van der Waals surface area contributed by atoms with Gasteiger partial charge in [-0.3, -0.25) is 5.10 Å². The molecule has 4 aromatic rings. The van der Waals surface area contributed by atoms with Gasteiger partial charge in [-0.15, -0.1) is 0 Å². The SMILES string of the molecule is OCc1cccc(-c2ccnc3n[nH]c(-c4cccc5c4COCO5)c23)c1. The Morgan fingerprint density at radius 3 is 2.93 bits per heavy atom. The first-order chi connectivity index (χ1) is 13.3. The molecule has 0 amide bonds. The Morgan fingerprint density at radius 2 is 2.00 bits per heavy atom. The van der Waals surface area contributed by atoms with Gasteiger partial charge in [0.2, 0.25) is 0 Å². The second kappa shape index (κ2) is 6.50. The number of rotatable bonds is 3. The van der Waals surface area contributed by atoms with Crippen molar-refractivity contribution in [3.8, 4) is 28.1 Å². The highest BCUT2D eigenvalue weighted by molar-refractivity contribution is 6.02. The maximum absolute atomic E-state index is 9.49. The van der Waals surface area contributed by atoms with Crippen molar-refractivity contribution in [1.82, 2.24) is 15.2 Å². The summed E-state index contributed by atoms with van der Waals surface area (Å²) in [5, 5.41) is 18.0. The highest BCUT2D eigenvalue weighted by atomic mass is 16.7. The highest BCUT2D eigenvalue weighted by Gasteiger charge is 2.20. The minimum Gasteiger partial charge on any atom is -0.467 e. The van der Waals surface area contributed by atoms with Gasteiger partial charge < -0.3 is 14.6 Å². The first-order valence-corrected chi connectivity index (χ1v) is 8.71. The van der Waals surface area contributed by atoms with Crippen LogP contribution in [0.4, 0.5) is 0 Å². The van der Waals surface area contributed by atoms with Gasteiger partial charge in [0.15, 0.2) is 12.4 Å². The Balaban J connectivity index is 1.76. The Morgan fingerprint density at radius 1 is 1.07 bits per heavy atom. The van der Waals surface area contributed by atoms with Crippen LogP contribution in [0.15, 0.2) is 54.7 Å². The first kappa shape index (κ1) is 16.0. The third-order valence-electron chi connectivity index (χ3n) is 4.82. The van der Waals surface area contributed by atoms with Crippen LogP contribution in [-0.2, 0) is 18.0 Å². The van der Waals surface area contributed by atoms with E-state index in [2.05, 4.69) is 15.2 Å². The number of fused-ring (bicyclic) bond motifs is 2. The molecule has 5 rings (SSSR count). The normalized spacial score (nSPS) is 13.4. The molecule has 134 valence electrons. The number of nitrogens with zero attached hydrogens (tertiary/aromatic N) is 2. The van der Waals surface area contributed by atoms with Gasteiger partial charge in [0, 0.05) is 17.3 Å². The lowest BCUT2D eigenvalue weighted by Crippen LogP contribution is -2.12. The van der Waals surface area contributed by atoms with Crippen LogP contribution >= 0.6 is 0 Å². The van der Waals surface area contributed by atoms with Crippen LogP contribution in [0.1, 0.15) is 11.1 Å². The summed E-state index contributed by atoms with van der Waals surface area (Å²) in [6, 6.07) is 15.8. The van der Waals surface area contributed by atoms with Gasteiger partial charge >= 0.3 is 0 Å². The van der Waals surface area contributed by atoms with Crippen LogP contribution in [0.3, 0.4) is 0 Å². The van der Waals surface area contributed by atoms with Gasteiger partial charge in [-0.05, 0) is 34.9 Å². The van der Waals surface area contributed by atoms with Gasteiger partial charge in [-0.1, -0.05) is 30.3 Å². The molecule has 0 saturated carbocycles. The van der Waals surface area contributed by atoms with Crippen LogP contribution in [-0.4, -0.2) is 27.1 Å². The third kappa shape index (κ3) is 2.66. The van der Waals surface area contributed by atoms with Crippen LogP contribution in [0, 0.1) is 0 Å². The number of hydrogen-bond acceptors (Lipinski definition) is 5. The van der Waals surface area contributed by atoms with Crippen molar-refractivity contribution in [1.29, 1.82) is 0 Å². The summed E-state index contributed by atoms with van der Waals surface area (Å²) in [5.41, 5.74) is 6.39. The van der Waals surface area contributed by atoms with Crippen molar-refractivity contribution in [2.75, 3.05) is 6.79 Å². The van der Waals surface area contributed by atoms with E-state index in [4.69, 9.17) is 9.47 Å². The molecule has 0 unspecified atom stereocenters. The zero-order valence-electron chi connectivity index (χ0n) is 14.5. The average Bonchev–Trinajstić information content (AvgIpc) is 3.17. The molecule has 1 aliphatic heterocycles. The summed E-state index contributed by atoms with van der Waals surface area (Å²) in [7, 11) is 0. The monoisotopic (exact) mass is 359 g/mol. The molecule has 0 radical (unpaired) electrons. The number of pyridine rings is 1. The molecule has 6 nitrogen and oxygen atoms in total. The van der Waals surface area contributed by atoms with Crippen molar-refractivity contribution >= 4 is 11.0 Å². The van der Waals surface area contributed by atoms with Gasteiger partial charge in [0.25, 0.3) is 0 Å². The Hall–Kier alpha value is -3.22. The predicted octanol–water partition coefficient (Wildman–Crippen LogP) is 3.65. The molecular formula is C21H17N3O3. The lowest BCUT2D eigenvalue weighted by atomic mass is 9.96. The fourth-order valence-corrected chi connectivity index (χ4v) is 3.55. The van der Waals surface area contributed by atoms with E-state index in [0.29, 0.717) is 12.3 Å². The van der Waals surface area contributed by atoms with Gasteiger partial charge in [0.05, 0.1) is 24.3 Å². The number of nitrogens with one attached hydrogen (secondary N) is 1. The molecule has 2 aromatic heterocycles. The zero-order valence-corrected chi connectivity index (χ0v) is 14.5. The Bertz CT molecular complexity index is 1140. The van der Waals surface area contributed by atoms with Crippen molar-refractivity contribution < 1.29 is 14.6 Å². The predicted molar refractivity (Wildman–Crippen MR) is 101 cm³/mol. The maximum atomic E-state index is 9.49. The van der Waals surface area contributed by atoms with Gasteiger partial charge in [0.1, 0.15) is 5.75 Å². The van der Waals surface area contributed by atoms with Gasteiger partial charge in [-0.2, -0.15) is 5.10 Å². The van der Waals surface area contributed by atoms with E-state index in [1.807, 2.05) is 48.5 Å². The van der Waals surface area contributed by atoms with Crippen molar-refractivity contribution in [2.24, 2.45) is 0 Å². The van der Waals surface area contributed by atoms with Crippen molar-refractivity contribution in [3.63, 3.8) is 0 Å². The lowest BCUT2D eigenvalue weighted by molar-refractivity contribution is -0.0160. The van der Waals surface area contributed by atoms with E-state index < -0.39 is 0 Å². The molecule has 6 heteroatoms. The summed E-state index contributed by atoms with van der Waals surface area (Å²) in [6.45, 7) is 0.754. The van der Waals surface area contributed by atoms with Crippen LogP contribution in [0.5, 0.6) is 5.75 Å². The van der Waals surface area contributed by atoms with Crippen LogP contribution < -0.4 is 4.74 Å². The number of H-pyrrole nitrogens is 1. The molecule has 0 fully saturated rings. The summed E-state index contributed by atoms with van der Waals surface area (Å²) in [6.07, 6.45) is 1.75. The van der Waals surface area contributed by atoms with Crippen LogP contribution in [0.25, 0.3) is 33.4 Å². The standard InChI is InChI=1S/C21H17N3O3/c25-10-13-3-1-4-14(9-13)15-7-8-22-21-19(15)20(23-24-21)16-5-2-6-18-17(16)11-26-12-27-18/h1-9,25H,10-12H2,(H,22,23,24). The first-order valence-electron chi connectivity index (χ1n) is 8.71. The van der Waals surface area contributed by atoms with E-state index in [9.17, 15) is 5.11 Å². The van der Waals surface area contributed by atoms with E-state index >= 15 is 0 Å². The smallest absolute Gasteiger partial charge is 0.189 e. The average molecular weight is 359 g/mol. The summed E-state index contributed by atoms with van der Waals surface area (Å²) >= 11 is 0. The number of benzene rings is 2. The highest BCUT2D eigenvalue weighted by Crippen LogP contribution is 2.39. The third-order valence-corrected chi connectivity index (χ3v) is 4.82. The van der Waals surface area contributed by atoms with Crippen molar-refractivity contribution in [2.45, 2.75) is 13.2 Å². The lowest BCUT2D eigenvalue weighted by Gasteiger charge is -2.20.